The van der Waals surface area contributed by atoms with Crippen molar-refractivity contribution in [2.45, 2.75) is 58.2 Å². The highest BCUT2D eigenvalue weighted by molar-refractivity contribution is 7.15. The van der Waals surface area contributed by atoms with E-state index in [1.165, 1.54) is 24.2 Å². The van der Waals surface area contributed by atoms with Crippen LogP contribution in [0.1, 0.15) is 44.9 Å². The molecule has 1 amide bonds. The Morgan fingerprint density at radius 1 is 1.55 bits per heavy atom. The molecule has 1 saturated heterocycles. The van der Waals surface area contributed by atoms with Crippen LogP contribution >= 0.6 is 22.9 Å². The molecule has 0 bridgehead atoms. The first-order valence-electron chi connectivity index (χ1n) is 7.64. The van der Waals surface area contributed by atoms with Crippen LogP contribution in [0.25, 0.3) is 0 Å². The highest BCUT2D eigenvalue weighted by Gasteiger charge is 2.24. The van der Waals surface area contributed by atoms with Crippen LogP contribution < -0.4 is 5.32 Å². The number of aromatic nitrogens is 1. The Balaban J connectivity index is 1.85. The second kappa shape index (κ2) is 7.62. The standard InChI is InChI=1S/C15H24ClN3O2S/c1-15(2,3)21-14(20)18-8-11-6-4-5-7-19(11)10-12-9-17-13(16)22-12/h9,11H,4-8,10H2,1-3H3,(H,18,20)/t11-/m0/s1. The zero-order chi connectivity index (χ0) is 16.2. The number of carbonyl (C=O) groups excluding carboxylic acids is 1. The number of likely N-dealkylation sites (tertiary alicyclic amines) is 1. The van der Waals surface area contributed by atoms with Gasteiger partial charge in [-0.15, -0.1) is 11.3 Å². The Bertz CT molecular complexity index is 501. The molecule has 1 fully saturated rings. The topological polar surface area (TPSA) is 54.5 Å². The molecule has 0 radical (unpaired) electrons. The van der Waals surface area contributed by atoms with Crippen molar-refractivity contribution in [1.82, 2.24) is 15.2 Å². The van der Waals surface area contributed by atoms with Gasteiger partial charge in [0.15, 0.2) is 4.47 Å². The number of carbonyl (C=O) groups is 1. The van der Waals surface area contributed by atoms with Crippen molar-refractivity contribution in [2.24, 2.45) is 0 Å². The number of alkyl carbamates (subject to hydrolysis) is 1. The SMILES string of the molecule is CC(C)(C)OC(=O)NC[C@@H]1CCCCN1Cc1cnc(Cl)s1. The molecule has 0 aromatic carbocycles. The zero-order valence-corrected chi connectivity index (χ0v) is 15.0. The number of rotatable bonds is 4. The molecule has 0 aliphatic carbocycles. The molecule has 1 atom stereocenters. The number of nitrogens with one attached hydrogen (secondary N) is 1. The van der Waals surface area contributed by atoms with Crippen molar-refractivity contribution in [2.75, 3.05) is 13.1 Å². The molecule has 1 aliphatic heterocycles. The Hall–Kier alpha value is -0.850. The van der Waals surface area contributed by atoms with Crippen LogP contribution in [-0.4, -0.2) is 40.7 Å². The first kappa shape index (κ1) is 17.5. The summed E-state index contributed by atoms with van der Waals surface area (Å²) in [5.74, 6) is 0. The first-order chi connectivity index (χ1) is 10.3. The molecule has 2 heterocycles. The van der Waals surface area contributed by atoms with Crippen LogP contribution in [0.15, 0.2) is 6.20 Å². The molecule has 22 heavy (non-hydrogen) atoms. The monoisotopic (exact) mass is 345 g/mol. The van der Waals surface area contributed by atoms with Crippen molar-refractivity contribution in [3.63, 3.8) is 0 Å². The van der Waals surface area contributed by atoms with E-state index < -0.39 is 5.60 Å². The molecular weight excluding hydrogens is 322 g/mol. The molecule has 1 aromatic rings. The third kappa shape index (κ3) is 5.74. The van der Waals surface area contributed by atoms with Gasteiger partial charge in [0.05, 0.1) is 0 Å². The van der Waals surface area contributed by atoms with Crippen molar-refractivity contribution in [3.8, 4) is 0 Å². The normalized spacial score (nSPS) is 19.9. The van der Waals surface area contributed by atoms with Crippen LogP contribution in [0.4, 0.5) is 4.79 Å². The van der Waals surface area contributed by atoms with Crippen molar-refractivity contribution >= 4 is 29.0 Å². The third-order valence-electron chi connectivity index (χ3n) is 3.51. The van der Waals surface area contributed by atoms with E-state index in [1.54, 1.807) is 0 Å². The minimum absolute atomic E-state index is 0.335. The molecule has 5 nitrogen and oxygen atoms in total. The fourth-order valence-electron chi connectivity index (χ4n) is 2.57. The highest BCUT2D eigenvalue weighted by Crippen LogP contribution is 2.24. The average Bonchev–Trinajstić information content (AvgIpc) is 2.81. The van der Waals surface area contributed by atoms with Crippen LogP contribution in [-0.2, 0) is 11.3 Å². The molecule has 124 valence electrons. The molecule has 1 aliphatic rings. The molecule has 2 rings (SSSR count). The Morgan fingerprint density at radius 2 is 2.32 bits per heavy atom. The van der Waals surface area contributed by atoms with Crippen LogP contribution in [0.2, 0.25) is 4.47 Å². The quantitative estimate of drug-likeness (QED) is 0.904. The van der Waals surface area contributed by atoms with Gasteiger partial charge in [-0.05, 0) is 40.2 Å². The van der Waals surface area contributed by atoms with Gasteiger partial charge >= 0.3 is 6.09 Å². The summed E-state index contributed by atoms with van der Waals surface area (Å²) in [7, 11) is 0. The Kier molecular flexibility index (Phi) is 6.06. The van der Waals surface area contributed by atoms with Gasteiger partial charge < -0.3 is 10.1 Å². The van der Waals surface area contributed by atoms with E-state index in [0.717, 1.165) is 24.4 Å². The molecule has 0 saturated carbocycles. The molecule has 0 unspecified atom stereocenters. The Morgan fingerprint density at radius 3 is 2.95 bits per heavy atom. The number of amides is 1. The second-order valence-corrected chi connectivity index (χ2v) is 8.28. The van der Waals surface area contributed by atoms with Gasteiger partial charge in [-0.2, -0.15) is 0 Å². The van der Waals surface area contributed by atoms with Gasteiger partial charge in [0.2, 0.25) is 0 Å². The fourth-order valence-corrected chi connectivity index (χ4v) is 3.58. The summed E-state index contributed by atoms with van der Waals surface area (Å²) in [6.07, 6.45) is 4.96. The summed E-state index contributed by atoms with van der Waals surface area (Å²) < 4.78 is 5.87. The van der Waals surface area contributed by atoms with Crippen molar-refractivity contribution in [3.05, 3.63) is 15.5 Å². The van der Waals surface area contributed by atoms with E-state index in [1.807, 2.05) is 27.0 Å². The van der Waals surface area contributed by atoms with Crippen LogP contribution in [0.3, 0.4) is 0 Å². The lowest BCUT2D eigenvalue weighted by Crippen LogP contribution is -2.47. The molecule has 1 aromatic heterocycles. The number of halogens is 1. The maximum atomic E-state index is 11.8. The number of nitrogens with zero attached hydrogens (tertiary/aromatic N) is 2. The van der Waals surface area contributed by atoms with Gasteiger partial charge in [-0.1, -0.05) is 18.0 Å². The Labute approximate surface area is 141 Å². The van der Waals surface area contributed by atoms with Crippen LogP contribution in [0, 0.1) is 0 Å². The lowest BCUT2D eigenvalue weighted by Gasteiger charge is -2.35. The maximum Gasteiger partial charge on any atom is 0.407 e. The number of thiazole rings is 1. The molecule has 7 heteroatoms. The van der Waals surface area contributed by atoms with Gasteiger partial charge in [-0.3, -0.25) is 4.90 Å². The summed E-state index contributed by atoms with van der Waals surface area (Å²) in [6.45, 7) is 8.09. The molecular formula is C15H24ClN3O2S. The lowest BCUT2D eigenvalue weighted by atomic mass is 10.0. The summed E-state index contributed by atoms with van der Waals surface area (Å²) in [4.78, 5) is 19.4. The predicted octanol–water partition coefficient (Wildman–Crippen LogP) is 3.68. The van der Waals surface area contributed by atoms with E-state index in [-0.39, 0.29) is 6.09 Å². The summed E-state index contributed by atoms with van der Waals surface area (Å²) in [5, 5.41) is 2.89. The van der Waals surface area contributed by atoms with Crippen molar-refractivity contribution in [1.29, 1.82) is 0 Å². The highest BCUT2D eigenvalue weighted by atomic mass is 35.5. The number of ether oxygens (including phenoxy) is 1. The van der Waals surface area contributed by atoms with Gasteiger partial charge in [0.25, 0.3) is 0 Å². The van der Waals surface area contributed by atoms with Crippen LogP contribution in [0.5, 0.6) is 0 Å². The van der Waals surface area contributed by atoms with E-state index in [9.17, 15) is 4.79 Å². The van der Waals surface area contributed by atoms with Gasteiger partial charge in [0.1, 0.15) is 5.60 Å². The summed E-state index contributed by atoms with van der Waals surface area (Å²) in [5.41, 5.74) is -0.463. The summed E-state index contributed by atoms with van der Waals surface area (Å²) >= 11 is 7.41. The predicted molar refractivity (Wildman–Crippen MR) is 89.4 cm³/mol. The minimum Gasteiger partial charge on any atom is -0.444 e. The third-order valence-corrected chi connectivity index (χ3v) is 4.61. The zero-order valence-electron chi connectivity index (χ0n) is 13.4. The van der Waals surface area contributed by atoms with E-state index in [4.69, 9.17) is 16.3 Å². The summed E-state index contributed by atoms with van der Waals surface area (Å²) in [6, 6.07) is 0.335. The number of piperidine rings is 1. The average molecular weight is 346 g/mol. The second-order valence-electron chi connectivity index (χ2n) is 6.58. The van der Waals surface area contributed by atoms with E-state index >= 15 is 0 Å². The largest absolute Gasteiger partial charge is 0.444 e. The van der Waals surface area contributed by atoms with Crippen molar-refractivity contribution < 1.29 is 9.53 Å². The maximum absolute atomic E-state index is 11.8. The smallest absolute Gasteiger partial charge is 0.407 e. The van der Waals surface area contributed by atoms with E-state index in [0.29, 0.717) is 17.1 Å². The lowest BCUT2D eigenvalue weighted by molar-refractivity contribution is 0.0492. The molecule has 0 spiro atoms. The van der Waals surface area contributed by atoms with Gasteiger partial charge in [0, 0.05) is 30.2 Å². The molecule has 1 N–H and O–H groups in total. The first-order valence-corrected chi connectivity index (χ1v) is 8.84. The minimum atomic E-state index is -0.463. The van der Waals surface area contributed by atoms with E-state index in [2.05, 4.69) is 15.2 Å². The van der Waals surface area contributed by atoms with Gasteiger partial charge in [-0.25, -0.2) is 9.78 Å². The number of hydrogen-bond acceptors (Lipinski definition) is 5. The number of hydrogen-bond donors (Lipinski definition) is 1. The fraction of sp³-hybridized carbons (Fsp3) is 0.733.